The van der Waals surface area contributed by atoms with Crippen molar-refractivity contribution in [3.63, 3.8) is 0 Å². The lowest BCUT2D eigenvalue weighted by Gasteiger charge is -2.14. The summed E-state index contributed by atoms with van der Waals surface area (Å²) >= 11 is 0. The van der Waals surface area contributed by atoms with Crippen LogP contribution in [-0.4, -0.2) is 35.2 Å². The Labute approximate surface area is 81.7 Å². The summed E-state index contributed by atoms with van der Waals surface area (Å²) < 4.78 is 0. The molecule has 0 saturated heterocycles. The van der Waals surface area contributed by atoms with E-state index in [1.807, 2.05) is 7.05 Å². The monoisotopic (exact) mass is 195 g/mol. The average Bonchev–Trinajstić information content (AvgIpc) is 2.74. The smallest absolute Gasteiger partial charge is 0.317 e. The number of carbonyl (C=O) groups excluding carboxylic acids is 1. The number of H-pyrrole nitrogens is 1. The van der Waals surface area contributed by atoms with Gasteiger partial charge >= 0.3 is 6.03 Å². The first kappa shape index (κ1) is 8.86. The van der Waals surface area contributed by atoms with Crippen LogP contribution in [0.5, 0.6) is 0 Å². The maximum Gasteiger partial charge on any atom is 0.317 e. The third-order valence-electron chi connectivity index (χ3n) is 2.39. The molecule has 2 rings (SSSR count). The molecule has 0 bridgehead atoms. The zero-order chi connectivity index (χ0) is 10.1. The number of urea groups is 1. The second-order valence-electron chi connectivity index (χ2n) is 3.19. The minimum atomic E-state index is -0.0587. The van der Waals surface area contributed by atoms with Crippen molar-refractivity contribution < 1.29 is 4.79 Å². The van der Waals surface area contributed by atoms with Gasteiger partial charge in [-0.1, -0.05) is 0 Å². The lowest BCUT2D eigenvalue weighted by Crippen LogP contribution is -2.34. The van der Waals surface area contributed by atoms with Crippen LogP contribution in [0.3, 0.4) is 0 Å². The number of rotatable bonds is 1. The molecule has 2 amide bonds. The van der Waals surface area contributed by atoms with Gasteiger partial charge in [-0.05, 0) is 0 Å². The van der Waals surface area contributed by atoms with Gasteiger partial charge in [-0.3, -0.25) is 5.10 Å². The number of amides is 2. The quantitative estimate of drug-likeness (QED) is 0.595. The number of aromatic nitrogens is 2. The molecule has 0 radical (unpaired) electrons. The van der Waals surface area contributed by atoms with Gasteiger partial charge in [0, 0.05) is 19.7 Å². The van der Waals surface area contributed by atoms with Crippen LogP contribution in [0.2, 0.25) is 0 Å². The molecule has 3 N–H and O–H groups in total. The normalized spacial score (nSPS) is 14.0. The Morgan fingerprint density at radius 3 is 2.93 bits per heavy atom. The molecule has 1 aliphatic rings. The van der Waals surface area contributed by atoms with Crippen molar-refractivity contribution in [3.05, 3.63) is 11.3 Å². The summed E-state index contributed by atoms with van der Waals surface area (Å²) in [6.07, 6.45) is 0. The molecule has 2 heterocycles. The first-order valence-electron chi connectivity index (χ1n) is 4.46. The van der Waals surface area contributed by atoms with E-state index in [0.29, 0.717) is 13.1 Å². The molecular weight excluding hydrogens is 182 g/mol. The number of fused-ring (bicyclic) bond motifs is 1. The largest absolute Gasteiger partial charge is 0.371 e. The highest BCUT2D eigenvalue weighted by molar-refractivity contribution is 5.75. The van der Waals surface area contributed by atoms with E-state index in [9.17, 15) is 4.79 Å². The number of hydrogen-bond acceptors (Lipinski definition) is 3. The lowest BCUT2D eigenvalue weighted by molar-refractivity contribution is 0.200. The summed E-state index contributed by atoms with van der Waals surface area (Å²) in [5, 5.41) is 12.6. The van der Waals surface area contributed by atoms with Gasteiger partial charge in [-0.2, -0.15) is 5.10 Å². The van der Waals surface area contributed by atoms with Crippen LogP contribution >= 0.6 is 0 Å². The molecule has 1 aliphatic heterocycles. The predicted molar refractivity (Wildman–Crippen MR) is 51.8 cm³/mol. The Hall–Kier alpha value is -1.72. The molecule has 76 valence electrons. The van der Waals surface area contributed by atoms with Crippen molar-refractivity contribution in [2.24, 2.45) is 0 Å². The number of nitrogens with one attached hydrogen (secondary N) is 3. The van der Waals surface area contributed by atoms with E-state index in [2.05, 4.69) is 20.8 Å². The van der Waals surface area contributed by atoms with Gasteiger partial charge in [0.1, 0.15) is 0 Å². The lowest BCUT2D eigenvalue weighted by atomic mass is 10.3. The molecule has 0 atom stereocenters. The van der Waals surface area contributed by atoms with E-state index in [4.69, 9.17) is 0 Å². The molecule has 0 unspecified atom stereocenters. The Morgan fingerprint density at radius 2 is 2.29 bits per heavy atom. The van der Waals surface area contributed by atoms with Crippen LogP contribution < -0.4 is 10.6 Å². The van der Waals surface area contributed by atoms with Crippen molar-refractivity contribution in [1.82, 2.24) is 20.4 Å². The average molecular weight is 195 g/mol. The molecule has 0 aromatic carbocycles. The maximum absolute atomic E-state index is 11.3. The SMILES string of the molecule is CNC(=O)N1Cc2[nH]nc(NC)c2C1. The van der Waals surface area contributed by atoms with E-state index in [-0.39, 0.29) is 6.03 Å². The van der Waals surface area contributed by atoms with Gasteiger partial charge in [0.25, 0.3) is 0 Å². The second-order valence-corrected chi connectivity index (χ2v) is 3.19. The summed E-state index contributed by atoms with van der Waals surface area (Å²) in [7, 11) is 3.45. The van der Waals surface area contributed by atoms with Gasteiger partial charge in [-0.25, -0.2) is 4.79 Å². The topological polar surface area (TPSA) is 73.0 Å². The van der Waals surface area contributed by atoms with Gasteiger partial charge < -0.3 is 15.5 Å². The molecule has 0 spiro atoms. The van der Waals surface area contributed by atoms with Crippen molar-refractivity contribution in [2.75, 3.05) is 19.4 Å². The predicted octanol–water partition coefficient (Wildman–Crippen LogP) is 0.106. The van der Waals surface area contributed by atoms with Crippen LogP contribution in [0, 0.1) is 0 Å². The zero-order valence-electron chi connectivity index (χ0n) is 8.22. The van der Waals surface area contributed by atoms with Crippen LogP contribution in [0.1, 0.15) is 11.3 Å². The Balaban J connectivity index is 2.18. The summed E-state index contributed by atoms with van der Waals surface area (Å²) in [6, 6.07) is -0.0587. The zero-order valence-corrected chi connectivity index (χ0v) is 8.22. The van der Waals surface area contributed by atoms with Crippen LogP contribution in [-0.2, 0) is 13.1 Å². The van der Waals surface area contributed by atoms with E-state index < -0.39 is 0 Å². The summed E-state index contributed by atoms with van der Waals surface area (Å²) in [4.78, 5) is 13.1. The highest BCUT2D eigenvalue weighted by Crippen LogP contribution is 2.26. The highest BCUT2D eigenvalue weighted by Gasteiger charge is 2.26. The molecule has 0 saturated carbocycles. The fourth-order valence-electron chi connectivity index (χ4n) is 1.65. The minimum Gasteiger partial charge on any atom is -0.371 e. The molecule has 6 heteroatoms. The van der Waals surface area contributed by atoms with E-state index in [1.54, 1.807) is 11.9 Å². The van der Waals surface area contributed by atoms with E-state index in [0.717, 1.165) is 17.1 Å². The molecule has 1 aromatic rings. The van der Waals surface area contributed by atoms with Crippen molar-refractivity contribution in [1.29, 1.82) is 0 Å². The number of carbonyl (C=O) groups is 1. The van der Waals surface area contributed by atoms with Gasteiger partial charge in [0.05, 0.1) is 18.8 Å². The number of hydrogen-bond donors (Lipinski definition) is 3. The molecule has 6 nitrogen and oxygen atoms in total. The number of anilines is 1. The van der Waals surface area contributed by atoms with Crippen molar-refractivity contribution in [3.8, 4) is 0 Å². The minimum absolute atomic E-state index is 0.0587. The molecule has 1 aromatic heterocycles. The number of aromatic amines is 1. The van der Waals surface area contributed by atoms with E-state index >= 15 is 0 Å². The first-order valence-corrected chi connectivity index (χ1v) is 4.46. The Morgan fingerprint density at radius 1 is 1.50 bits per heavy atom. The van der Waals surface area contributed by atoms with Crippen molar-refractivity contribution in [2.45, 2.75) is 13.1 Å². The third-order valence-corrected chi connectivity index (χ3v) is 2.39. The summed E-state index contributed by atoms with van der Waals surface area (Å²) in [6.45, 7) is 1.21. The van der Waals surface area contributed by atoms with Gasteiger partial charge in [0.2, 0.25) is 0 Å². The van der Waals surface area contributed by atoms with Crippen molar-refractivity contribution >= 4 is 11.8 Å². The highest BCUT2D eigenvalue weighted by atomic mass is 16.2. The molecule has 0 fully saturated rings. The maximum atomic E-state index is 11.3. The fraction of sp³-hybridized carbons (Fsp3) is 0.500. The van der Waals surface area contributed by atoms with Crippen LogP contribution in [0.25, 0.3) is 0 Å². The third kappa shape index (κ3) is 1.19. The van der Waals surface area contributed by atoms with Crippen LogP contribution in [0.15, 0.2) is 0 Å². The molecule has 14 heavy (non-hydrogen) atoms. The standard InChI is InChI=1S/C8H13N5O/c1-9-7-5-3-13(8(14)10-2)4-6(5)11-12-7/h3-4H2,1-2H3,(H,10,14)(H2,9,11,12). The van der Waals surface area contributed by atoms with Gasteiger partial charge in [0.15, 0.2) is 5.82 Å². The number of nitrogens with zero attached hydrogens (tertiary/aromatic N) is 2. The molecule has 0 aliphatic carbocycles. The Bertz CT molecular complexity index is 359. The first-order chi connectivity index (χ1) is 6.76. The fourth-order valence-corrected chi connectivity index (χ4v) is 1.65. The summed E-state index contributed by atoms with van der Waals surface area (Å²) in [5.41, 5.74) is 2.09. The molecular formula is C8H13N5O. The van der Waals surface area contributed by atoms with E-state index in [1.165, 1.54) is 0 Å². The second kappa shape index (κ2) is 3.21. The Kier molecular flexibility index (Phi) is 2.03. The van der Waals surface area contributed by atoms with Crippen LogP contribution in [0.4, 0.5) is 10.6 Å². The summed E-state index contributed by atoms with van der Waals surface area (Å²) in [5.74, 6) is 0.825. The van der Waals surface area contributed by atoms with Gasteiger partial charge in [-0.15, -0.1) is 0 Å².